The minimum Gasteiger partial charge on any atom is -0.236 e. The standard InChI is InChI=1S/C17H16FN3/c18-14-8-6-12(7-9-14)15-11-20-21-16-5-3-1-2-4-13(16)10-19-17(15)21/h6-11H,1-5H2. The first-order valence-corrected chi connectivity index (χ1v) is 7.43. The van der Waals surface area contributed by atoms with E-state index in [1.54, 1.807) is 12.1 Å². The summed E-state index contributed by atoms with van der Waals surface area (Å²) in [5, 5.41) is 4.53. The Morgan fingerprint density at radius 1 is 0.952 bits per heavy atom. The molecule has 0 unspecified atom stereocenters. The van der Waals surface area contributed by atoms with Gasteiger partial charge in [0.05, 0.1) is 6.20 Å². The van der Waals surface area contributed by atoms with E-state index in [-0.39, 0.29) is 5.82 Å². The molecule has 3 aromatic rings. The molecule has 4 rings (SSSR count). The van der Waals surface area contributed by atoms with E-state index in [2.05, 4.69) is 10.1 Å². The zero-order chi connectivity index (χ0) is 14.2. The number of fused-ring (bicyclic) bond motifs is 3. The van der Waals surface area contributed by atoms with Crippen molar-refractivity contribution in [1.29, 1.82) is 0 Å². The van der Waals surface area contributed by atoms with Crippen molar-refractivity contribution in [3.05, 3.63) is 53.7 Å². The number of halogens is 1. The van der Waals surface area contributed by atoms with Gasteiger partial charge in [-0.3, -0.25) is 0 Å². The fourth-order valence-corrected chi connectivity index (χ4v) is 3.11. The molecule has 0 atom stereocenters. The van der Waals surface area contributed by atoms with Crippen LogP contribution in [0.4, 0.5) is 4.39 Å². The number of rotatable bonds is 1. The molecule has 2 heterocycles. The largest absolute Gasteiger partial charge is 0.236 e. The summed E-state index contributed by atoms with van der Waals surface area (Å²) < 4.78 is 15.0. The molecule has 0 aliphatic heterocycles. The minimum absolute atomic E-state index is 0.225. The Balaban J connectivity index is 1.89. The number of nitrogens with zero attached hydrogens (tertiary/aromatic N) is 3. The van der Waals surface area contributed by atoms with E-state index in [0.29, 0.717) is 0 Å². The van der Waals surface area contributed by atoms with Gasteiger partial charge >= 0.3 is 0 Å². The molecule has 0 saturated carbocycles. The molecule has 21 heavy (non-hydrogen) atoms. The van der Waals surface area contributed by atoms with Crippen LogP contribution in [-0.2, 0) is 12.8 Å². The van der Waals surface area contributed by atoms with Crippen LogP contribution in [0.5, 0.6) is 0 Å². The van der Waals surface area contributed by atoms with E-state index >= 15 is 0 Å². The van der Waals surface area contributed by atoms with Crippen LogP contribution in [-0.4, -0.2) is 14.6 Å². The maximum Gasteiger partial charge on any atom is 0.163 e. The van der Waals surface area contributed by atoms with Crippen LogP contribution in [0.3, 0.4) is 0 Å². The summed E-state index contributed by atoms with van der Waals surface area (Å²) in [5.74, 6) is -0.225. The van der Waals surface area contributed by atoms with Gasteiger partial charge in [0.15, 0.2) is 5.65 Å². The number of benzene rings is 1. The molecule has 4 heteroatoms. The molecule has 0 bridgehead atoms. The number of hydrogen-bond donors (Lipinski definition) is 0. The van der Waals surface area contributed by atoms with Crippen LogP contribution in [0, 0.1) is 5.82 Å². The van der Waals surface area contributed by atoms with E-state index < -0.39 is 0 Å². The molecule has 106 valence electrons. The second-order valence-corrected chi connectivity index (χ2v) is 5.59. The molecule has 2 aromatic heterocycles. The maximum absolute atomic E-state index is 13.1. The smallest absolute Gasteiger partial charge is 0.163 e. The van der Waals surface area contributed by atoms with Crippen LogP contribution in [0.1, 0.15) is 30.5 Å². The quantitative estimate of drug-likeness (QED) is 0.635. The summed E-state index contributed by atoms with van der Waals surface area (Å²) in [6.45, 7) is 0. The van der Waals surface area contributed by atoms with E-state index in [1.807, 2.05) is 16.9 Å². The van der Waals surface area contributed by atoms with Gasteiger partial charge in [-0.2, -0.15) is 5.10 Å². The lowest BCUT2D eigenvalue weighted by atomic mass is 10.1. The predicted octanol–water partition coefficient (Wildman–Crippen LogP) is 3.80. The molecule has 0 fully saturated rings. The van der Waals surface area contributed by atoms with Crippen molar-refractivity contribution in [1.82, 2.24) is 14.6 Å². The number of hydrogen-bond acceptors (Lipinski definition) is 2. The summed E-state index contributed by atoms with van der Waals surface area (Å²) in [6, 6.07) is 6.50. The van der Waals surface area contributed by atoms with Gasteiger partial charge in [-0.25, -0.2) is 13.9 Å². The molecule has 1 aliphatic carbocycles. The van der Waals surface area contributed by atoms with Gasteiger partial charge in [-0.05, 0) is 48.9 Å². The summed E-state index contributed by atoms with van der Waals surface area (Å²) in [6.07, 6.45) is 9.67. The fraction of sp³-hybridized carbons (Fsp3) is 0.294. The van der Waals surface area contributed by atoms with Gasteiger partial charge in [-0.1, -0.05) is 18.6 Å². The second kappa shape index (κ2) is 4.95. The van der Waals surface area contributed by atoms with Crippen molar-refractivity contribution in [2.75, 3.05) is 0 Å². The monoisotopic (exact) mass is 281 g/mol. The number of aromatic nitrogens is 3. The second-order valence-electron chi connectivity index (χ2n) is 5.59. The van der Waals surface area contributed by atoms with Crippen molar-refractivity contribution in [2.45, 2.75) is 32.1 Å². The summed E-state index contributed by atoms with van der Waals surface area (Å²) >= 11 is 0. The molecular formula is C17H16FN3. The third kappa shape index (κ3) is 2.11. The Kier molecular flexibility index (Phi) is 2.95. The van der Waals surface area contributed by atoms with Gasteiger partial charge in [0.1, 0.15) is 5.82 Å². The van der Waals surface area contributed by atoms with Crippen LogP contribution < -0.4 is 0 Å². The topological polar surface area (TPSA) is 30.2 Å². The molecule has 0 spiro atoms. The molecular weight excluding hydrogens is 265 g/mol. The lowest BCUT2D eigenvalue weighted by Crippen LogP contribution is -2.04. The first-order valence-electron chi connectivity index (χ1n) is 7.43. The third-order valence-electron chi connectivity index (χ3n) is 4.23. The Morgan fingerprint density at radius 2 is 1.76 bits per heavy atom. The fourth-order valence-electron chi connectivity index (χ4n) is 3.11. The number of aryl methyl sites for hydroxylation is 2. The Bertz CT molecular complexity index is 790. The van der Waals surface area contributed by atoms with Crippen molar-refractivity contribution >= 4 is 5.65 Å². The molecule has 1 aromatic carbocycles. The Morgan fingerprint density at radius 3 is 2.62 bits per heavy atom. The Labute approximate surface area is 122 Å². The lowest BCUT2D eigenvalue weighted by molar-refractivity contribution is 0.628. The molecule has 0 amide bonds. The van der Waals surface area contributed by atoms with Gasteiger partial charge in [-0.15, -0.1) is 0 Å². The molecule has 0 radical (unpaired) electrons. The van der Waals surface area contributed by atoms with E-state index in [0.717, 1.165) is 29.6 Å². The molecule has 0 saturated heterocycles. The van der Waals surface area contributed by atoms with Crippen molar-refractivity contribution in [3.63, 3.8) is 0 Å². The summed E-state index contributed by atoms with van der Waals surface area (Å²) in [4.78, 5) is 4.60. The highest BCUT2D eigenvalue weighted by molar-refractivity contribution is 5.77. The zero-order valence-corrected chi connectivity index (χ0v) is 11.7. The maximum atomic E-state index is 13.1. The van der Waals surface area contributed by atoms with Crippen molar-refractivity contribution in [3.8, 4) is 11.1 Å². The average molecular weight is 281 g/mol. The lowest BCUT2D eigenvalue weighted by Gasteiger charge is -2.08. The van der Waals surface area contributed by atoms with Crippen molar-refractivity contribution in [2.24, 2.45) is 0 Å². The predicted molar refractivity (Wildman–Crippen MR) is 79.6 cm³/mol. The summed E-state index contributed by atoms with van der Waals surface area (Å²) in [7, 11) is 0. The van der Waals surface area contributed by atoms with Crippen LogP contribution in [0.15, 0.2) is 36.7 Å². The minimum atomic E-state index is -0.225. The van der Waals surface area contributed by atoms with E-state index in [1.165, 1.54) is 42.7 Å². The zero-order valence-electron chi connectivity index (χ0n) is 11.7. The normalized spacial score (nSPS) is 14.9. The van der Waals surface area contributed by atoms with Crippen LogP contribution in [0.25, 0.3) is 16.8 Å². The van der Waals surface area contributed by atoms with Crippen LogP contribution >= 0.6 is 0 Å². The Hall–Kier alpha value is -2.23. The van der Waals surface area contributed by atoms with Crippen LogP contribution in [0.2, 0.25) is 0 Å². The van der Waals surface area contributed by atoms with Gasteiger partial charge in [0, 0.05) is 17.5 Å². The molecule has 3 nitrogen and oxygen atoms in total. The highest BCUT2D eigenvalue weighted by atomic mass is 19.1. The summed E-state index contributed by atoms with van der Waals surface area (Å²) in [5.41, 5.74) is 5.37. The van der Waals surface area contributed by atoms with Gasteiger partial charge in [0.25, 0.3) is 0 Å². The van der Waals surface area contributed by atoms with Gasteiger partial charge < -0.3 is 0 Å². The first kappa shape index (κ1) is 12.5. The van der Waals surface area contributed by atoms with E-state index in [4.69, 9.17) is 0 Å². The molecule has 1 aliphatic rings. The highest BCUT2D eigenvalue weighted by Crippen LogP contribution is 2.27. The van der Waals surface area contributed by atoms with E-state index in [9.17, 15) is 4.39 Å². The average Bonchev–Trinajstić information content (AvgIpc) is 2.78. The van der Waals surface area contributed by atoms with Gasteiger partial charge in [0.2, 0.25) is 0 Å². The SMILES string of the molecule is Fc1ccc(-c2cnn3c4c(cnc23)CCCCC4)cc1. The third-order valence-corrected chi connectivity index (χ3v) is 4.23. The van der Waals surface area contributed by atoms with Crippen molar-refractivity contribution < 1.29 is 4.39 Å². The first-order chi connectivity index (χ1) is 10.3. The highest BCUT2D eigenvalue weighted by Gasteiger charge is 2.16. The molecule has 0 N–H and O–H groups in total.